The normalized spacial score (nSPS) is 10.2. The summed E-state index contributed by atoms with van der Waals surface area (Å²) in [6.45, 7) is 5.01. The lowest BCUT2D eigenvalue weighted by atomic mass is 10.2. The molecule has 2 nitrogen and oxygen atoms in total. The van der Waals surface area contributed by atoms with Crippen LogP contribution in [0.1, 0.15) is 32.4 Å². The van der Waals surface area contributed by atoms with Crippen LogP contribution < -0.4 is 4.74 Å². The summed E-state index contributed by atoms with van der Waals surface area (Å²) in [5.41, 5.74) is 1.06. The van der Waals surface area contributed by atoms with Crippen molar-refractivity contribution in [2.45, 2.75) is 33.1 Å². The average Bonchev–Trinajstić information content (AvgIpc) is 2.18. The first kappa shape index (κ1) is 11.5. The summed E-state index contributed by atoms with van der Waals surface area (Å²) >= 11 is 3.40. The number of hydrogen-bond donors (Lipinski definition) is 0. The third kappa shape index (κ3) is 3.29. The highest BCUT2D eigenvalue weighted by atomic mass is 79.9. The van der Waals surface area contributed by atoms with Gasteiger partial charge in [-0.1, -0.05) is 20.3 Å². The van der Waals surface area contributed by atoms with Gasteiger partial charge in [-0.15, -0.1) is 0 Å². The molecule has 1 aromatic heterocycles. The number of halogens is 1. The minimum absolute atomic E-state index is 0.759. The molecule has 0 aliphatic rings. The molecule has 0 saturated carbocycles. The van der Waals surface area contributed by atoms with Crippen molar-refractivity contribution in [3.05, 3.63) is 22.4 Å². The SMILES string of the molecule is CCCOc1cc(Br)cnc1CCC. The Balaban J connectivity index is 2.79. The maximum absolute atomic E-state index is 5.63. The van der Waals surface area contributed by atoms with Crippen LogP contribution in [0.5, 0.6) is 5.75 Å². The molecule has 1 rings (SSSR count). The van der Waals surface area contributed by atoms with Crippen molar-refractivity contribution in [1.29, 1.82) is 0 Å². The van der Waals surface area contributed by atoms with Gasteiger partial charge in [-0.3, -0.25) is 4.98 Å². The van der Waals surface area contributed by atoms with Crippen LogP contribution in [-0.2, 0) is 6.42 Å². The van der Waals surface area contributed by atoms with E-state index in [-0.39, 0.29) is 0 Å². The lowest BCUT2D eigenvalue weighted by molar-refractivity contribution is 0.312. The number of pyridine rings is 1. The third-order valence-corrected chi connectivity index (χ3v) is 2.28. The van der Waals surface area contributed by atoms with Crippen molar-refractivity contribution >= 4 is 15.9 Å². The van der Waals surface area contributed by atoms with Crippen LogP contribution in [0.3, 0.4) is 0 Å². The molecule has 1 aromatic rings. The quantitative estimate of drug-likeness (QED) is 0.805. The summed E-state index contributed by atoms with van der Waals surface area (Å²) in [6.07, 6.45) is 4.92. The van der Waals surface area contributed by atoms with E-state index in [9.17, 15) is 0 Å². The van der Waals surface area contributed by atoms with Crippen LogP contribution in [0.4, 0.5) is 0 Å². The number of nitrogens with zero attached hydrogens (tertiary/aromatic N) is 1. The average molecular weight is 258 g/mol. The summed E-state index contributed by atoms with van der Waals surface area (Å²) in [4.78, 5) is 4.35. The predicted molar refractivity (Wildman–Crippen MR) is 61.7 cm³/mol. The molecule has 0 aromatic carbocycles. The Morgan fingerprint density at radius 1 is 1.36 bits per heavy atom. The second-order valence-electron chi connectivity index (χ2n) is 3.20. The molecule has 14 heavy (non-hydrogen) atoms. The summed E-state index contributed by atoms with van der Waals surface area (Å²) in [5.74, 6) is 0.920. The zero-order valence-electron chi connectivity index (χ0n) is 8.72. The largest absolute Gasteiger partial charge is 0.492 e. The van der Waals surface area contributed by atoms with E-state index in [0.29, 0.717) is 0 Å². The minimum Gasteiger partial charge on any atom is -0.492 e. The van der Waals surface area contributed by atoms with E-state index in [4.69, 9.17) is 4.74 Å². The van der Waals surface area contributed by atoms with Gasteiger partial charge in [-0.05, 0) is 34.8 Å². The monoisotopic (exact) mass is 257 g/mol. The van der Waals surface area contributed by atoms with Gasteiger partial charge in [0.05, 0.1) is 12.3 Å². The summed E-state index contributed by atoms with van der Waals surface area (Å²) in [5, 5.41) is 0. The number of hydrogen-bond acceptors (Lipinski definition) is 2. The molecule has 0 radical (unpaired) electrons. The summed E-state index contributed by atoms with van der Waals surface area (Å²) in [7, 11) is 0. The van der Waals surface area contributed by atoms with Gasteiger partial charge in [0, 0.05) is 10.7 Å². The first-order chi connectivity index (χ1) is 6.77. The highest BCUT2D eigenvalue weighted by molar-refractivity contribution is 9.10. The molecule has 0 saturated heterocycles. The zero-order valence-corrected chi connectivity index (χ0v) is 10.3. The van der Waals surface area contributed by atoms with E-state index in [0.717, 1.165) is 41.8 Å². The maximum Gasteiger partial charge on any atom is 0.141 e. The van der Waals surface area contributed by atoms with E-state index in [1.165, 1.54) is 0 Å². The van der Waals surface area contributed by atoms with Gasteiger partial charge in [-0.25, -0.2) is 0 Å². The van der Waals surface area contributed by atoms with Gasteiger partial charge >= 0.3 is 0 Å². The van der Waals surface area contributed by atoms with Crippen molar-refractivity contribution in [2.75, 3.05) is 6.61 Å². The van der Waals surface area contributed by atoms with Gasteiger partial charge in [0.1, 0.15) is 5.75 Å². The minimum atomic E-state index is 0.759. The Morgan fingerprint density at radius 3 is 2.79 bits per heavy atom. The molecule has 0 bridgehead atoms. The Morgan fingerprint density at radius 2 is 2.14 bits per heavy atom. The first-order valence-corrected chi connectivity index (χ1v) is 5.84. The summed E-state index contributed by atoms with van der Waals surface area (Å²) < 4.78 is 6.60. The van der Waals surface area contributed by atoms with Gasteiger partial charge in [0.2, 0.25) is 0 Å². The van der Waals surface area contributed by atoms with Crippen molar-refractivity contribution in [3.63, 3.8) is 0 Å². The van der Waals surface area contributed by atoms with E-state index >= 15 is 0 Å². The fourth-order valence-corrected chi connectivity index (χ4v) is 1.52. The van der Waals surface area contributed by atoms with Gasteiger partial charge in [0.15, 0.2) is 0 Å². The van der Waals surface area contributed by atoms with Gasteiger partial charge in [-0.2, -0.15) is 0 Å². The maximum atomic E-state index is 5.63. The lowest BCUT2D eigenvalue weighted by Crippen LogP contribution is -2.00. The van der Waals surface area contributed by atoms with Crippen molar-refractivity contribution in [3.8, 4) is 5.75 Å². The summed E-state index contributed by atoms with van der Waals surface area (Å²) in [6, 6.07) is 1.99. The molecule has 0 N–H and O–H groups in total. The van der Waals surface area contributed by atoms with E-state index < -0.39 is 0 Å². The molecule has 78 valence electrons. The molecular weight excluding hydrogens is 242 g/mol. The Kier molecular flexibility index (Phi) is 4.94. The highest BCUT2D eigenvalue weighted by Gasteiger charge is 2.04. The number of aryl methyl sites for hydroxylation is 1. The predicted octanol–water partition coefficient (Wildman–Crippen LogP) is 3.59. The number of rotatable bonds is 5. The van der Waals surface area contributed by atoms with E-state index in [1.54, 1.807) is 0 Å². The second kappa shape index (κ2) is 6.02. The molecule has 3 heteroatoms. The topological polar surface area (TPSA) is 22.1 Å². The first-order valence-electron chi connectivity index (χ1n) is 5.05. The Labute approximate surface area is 93.8 Å². The molecule has 0 atom stereocenters. The molecule has 0 amide bonds. The van der Waals surface area contributed by atoms with Crippen LogP contribution >= 0.6 is 15.9 Å². The lowest BCUT2D eigenvalue weighted by Gasteiger charge is -2.09. The van der Waals surface area contributed by atoms with Crippen molar-refractivity contribution < 1.29 is 4.74 Å². The molecule has 0 aliphatic carbocycles. The van der Waals surface area contributed by atoms with Gasteiger partial charge in [0.25, 0.3) is 0 Å². The third-order valence-electron chi connectivity index (χ3n) is 1.85. The molecular formula is C11H16BrNO. The van der Waals surface area contributed by atoms with Crippen LogP contribution in [0, 0.1) is 0 Å². The van der Waals surface area contributed by atoms with E-state index in [2.05, 4.69) is 34.8 Å². The van der Waals surface area contributed by atoms with Crippen molar-refractivity contribution in [2.24, 2.45) is 0 Å². The van der Waals surface area contributed by atoms with Gasteiger partial charge < -0.3 is 4.74 Å². The fourth-order valence-electron chi connectivity index (χ4n) is 1.21. The zero-order chi connectivity index (χ0) is 10.4. The second-order valence-corrected chi connectivity index (χ2v) is 4.11. The van der Waals surface area contributed by atoms with Crippen LogP contribution in [0.15, 0.2) is 16.7 Å². The molecule has 0 aliphatic heterocycles. The van der Waals surface area contributed by atoms with Crippen LogP contribution in [0.25, 0.3) is 0 Å². The molecule has 0 unspecified atom stereocenters. The number of ether oxygens (including phenoxy) is 1. The van der Waals surface area contributed by atoms with Crippen LogP contribution in [-0.4, -0.2) is 11.6 Å². The smallest absolute Gasteiger partial charge is 0.141 e. The number of aromatic nitrogens is 1. The standard InChI is InChI=1S/C11H16BrNO/c1-3-5-10-11(14-6-4-2)7-9(12)8-13-10/h7-8H,3-6H2,1-2H3. The van der Waals surface area contributed by atoms with Crippen LogP contribution in [0.2, 0.25) is 0 Å². The molecule has 0 spiro atoms. The Hall–Kier alpha value is -0.570. The fraction of sp³-hybridized carbons (Fsp3) is 0.545. The molecule has 1 heterocycles. The van der Waals surface area contributed by atoms with Crippen molar-refractivity contribution in [1.82, 2.24) is 4.98 Å². The highest BCUT2D eigenvalue weighted by Crippen LogP contribution is 2.22. The Bertz CT molecular complexity index is 289. The molecule has 0 fully saturated rings. The van der Waals surface area contributed by atoms with E-state index in [1.807, 2.05) is 12.3 Å².